The van der Waals surface area contributed by atoms with Gasteiger partial charge in [0.05, 0.1) is 0 Å². The number of hydrogen-bond acceptors (Lipinski definition) is 6. The summed E-state index contributed by atoms with van der Waals surface area (Å²) in [5.41, 5.74) is 0. The van der Waals surface area contributed by atoms with E-state index >= 15 is 0 Å². The lowest BCUT2D eigenvalue weighted by Gasteiger charge is -1.99. The van der Waals surface area contributed by atoms with Crippen LogP contribution in [0, 0.1) is 0 Å². The highest BCUT2D eigenvalue weighted by Crippen LogP contribution is 1.85. The molecule has 0 aliphatic rings. The minimum Gasteiger partial charge on any atom is -0.435 e. The Balaban J connectivity index is 3.68. The van der Waals surface area contributed by atoms with Gasteiger partial charge in [-0.05, 0) is 0 Å². The third-order valence-corrected chi connectivity index (χ3v) is 0.994. The SMILES string of the molecule is COCOC(=O)/C=C/C(=O)OCOC. The highest BCUT2D eigenvalue weighted by atomic mass is 16.7. The van der Waals surface area contributed by atoms with Gasteiger partial charge in [-0.2, -0.15) is 0 Å². The molecule has 80 valence electrons. The number of esters is 2. The molecule has 0 aliphatic carbocycles. The second-order valence-electron chi connectivity index (χ2n) is 2.07. The Hall–Kier alpha value is -1.40. The molecule has 0 spiro atoms. The van der Waals surface area contributed by atoms with Crippen molar-refractivity contribution >= 4 is 11.9 Å². The molecule has 0 aromatic rings. The van der Waals surface area contributed by atoms with Crippen molar-refractivity contribution in [3.63, 3.8) is 0 Å². The van der Waals surface area contributed by atoms with E-state index in [9.17, 15) is 9.59 Å². The van der Waals surface area contributed by atoms with Gasteiger partial charge in [-0.15, -0.1) is 0 Å². The van der Waals surface area contributed by atoms with Gasteiger partial charge in [0.25, 0.3) is 0 Å². The molecule has 0 N–H and O–H groups in total. The van der Waals surface area contributed by atoms with Crippen LogP contribution in [-0.4, -0.2) is 39.7 Å². The summed E-state index contributed by atoms with van der Waals surface area (Å²) in [6.45, 7) is -0.313. The molecule has 0 fully saturated rings. The summed E-state index contributed by atoms with van der Waals surface area (Å²) < 4.78 is 17.9. The predicted octanol–water partition coefficient (Wildman–Crippen LogP) is -0.163. The van der Waals surface area contributed by atoms with E-state index < -0.39 is 11.9 Å². The second kappa shape index (κ2) is 8.21. The molecule has 0 rings (SSSR count). The van der Waals surface area contributed by atoms with Crippen molar-refractivity contribution in [3.8, 4) is 0 Å². The first kappa shape index (κ1) is 12.6. The van der Waals surface area contributed by atoms with E-state index in [2.05, 4.69) is 18.9 Å². The third-order valence-electron chi connectivity index (χ3n) is 0.994. The number of carbonyl (C=O) groups excluding carboxylic acids is 2. The van der Waals surface area contributed by atoms with Gasteiger partial charge in [-0.1, -0.05) is 0 Å². The molecule has 0 saturated heterocycles. The summed E-state index contributed by atoms with van der Waals surface area (Å²) in [4.78, 5) is 21.5. The molecule has 0 aromatic carbocycles. The van der Waals surface area contributed by atoms with Gasteiger partial charge in [0.2, 0.25) is 0 Å². The zero-order chi connectivity index (χ0) is 10.8. The van der Waals surface area contributed by atoms with Gasteiger partial charge in [-0.3, -0.25) is 0 Å². The lowest BCUT2D eigenvalue weighted by molar-refractivity contribution is -0.150. The van der Waals surface area contributed by atoms with Crippen molar-refractivity contribution < 1.29 is 28.5 Å². The second-order valence-corrected chi connectivity index (χ2v) is 2.07. The van der Waals surface area contributed by atoms with Crippen LogP contribution in [0.1, 0.15) is 0 Å². The van der Waals surface area contributed by atoms with Crippen molar-refractivity contribution in [1.82, 2.24) is 0 Å². The first-order valence-electron chi connectivity index (χ1n) is 3.70. The smallest absolute Gasteiger partial charge is 0.333 e. The molecule has 6 nitrogen and oxygen atoms in total. The zero-order valence-corrected chi connectivity index (χ0v) is 8.02. The Kier molecular flexibility index (Phi) is 7.39. The van der Waals surface area contributed by atoms with E-state index in [-0.39, 0.29) is 13.6 Å². The molecular weight excluding hydrogens is 192 g/mol. The Morgan fingerprint density at radius 3 is 1.57 bits per heavy atom. The van der Waals surface area contributed by atoms with Crippen molar-refractivity contribution in [2.75, 3.05) is 27.8 Å². The van der Waals surface area contributed by atoms with Crippen LogP contribution in [-0.2, 0) is 28.5 Å². The van der Waals surface area contributed by atoms with Crippen LogP contribution >= 0.6 is 0 Å². The fraction of sp³-hybridized carbons (Fsp3) is 0.500. The first-order valence-corrected chi connectivity index (χ1v) is 3.70. The molecule has 0 unspecified atom stereocenters. The molecule has 0 radical (unpaired) electrons. The van der Waals surface area contributed by atoms with Crippen LogP contribution in [0.15, 0.2) is 12.2 Å². The fourth-order valence-corrected chi connectivity index (χ4v) is 0.466. The Labute approximate surface area is 81.4 Å². The van der Waals surface area contributed by atoms with E-state index in [1.54, 1.807) is 0 Å². The maximum atomic E-state index is 10.8. The van der Waals surface area contributed by atoms with E-state index in [1.165, 1.54) is 14.2 Å². The Morgan fingerprint density at radius 2 is 1.29 bits per heavy atom. The predicted molar refractivity (Wildman–Crippen MR) is 45.1 cm³/mol. The van der Waals surface area contributed by atoms with Gasteiger partial charge in [-0.25, -0.2) is 9.59 Å². The van der Waals surface area contributed by atoms with E-state index in [1.807, 2.05) is 0 Å². The Morgan fingerprint density at radius 1 is 0.929 bits per heavy atom. The highest BCUT2D eigenvalue weighted by molar-refractivity contribution is 5.91. The number of methoxy groups -OCH3 is 2. The molecule has 0 aromatic heterocycles. The minimum absolute atomic E-state index is 0.156. The topological polar surface area (TPSA) is 71.1 Å². The van der Waals surface area contributed by atoms with Crippen LogP contribution in [0.25, 0.3) is 0 Å². The molecule has 14 heavy (non-hydrogen) atoms. The molecular formula is C8H12O6. The van der Waals surface area contributed by atoms with Crippen LogP contribution < -0.4 is 0 Å². The molecule has 0 bridgehead atoms. The lowest BCUT2D eigenvalue weighted by atomic mass is 10.5. The summed E-state index contributed by atoms with van der Waals surface area (Å²) in [6, 6.07) is 0. The number of carbonyl (C=O) groups is 2. The standard InChI is InChI=1S/C8H12O6/c1-11-5-13-7(9)3-4-8(10)14-6-12-2/h3-4H,5-6H2,1-2H3/b4-3+. The quantitative estimate of drug-likeness (QED) is 0.340. The van der Waals surface area contributed by atoms with Crippen LogP contribution in [0.2, 0.25) is 0 Å². The maximum absolute atomic E-state index is 10.8. The monoisotopic (exact) mass is 204 g/mol. The van der Waals surface area contributed by atoms with Crippen molar-refractivity contribution in [2.24, 2.45) is 0 Å². The number of hydrogen-bond donors (Lipinski definition) is 0. The lowest BCUT2D eigenvalue weighted by Crippen LogP contribution is -2.07. The van der Waals surface area contributed by atoms with Crippen LogP contribution in [0.4, 0.5) is 0 Å². The van der Waals surface area contributed by atoms with Crippen LogP contribution in [0.3, 0.4) is 0 Å². The third kappa shape index (κ3) is 7.26. The summed E-state index contributed by atoms with van der Waals surface area (Å²) in [5, 5.41) is 0. The van der Waals surface area contributed by atoms with E-state index in [0.717, 1.165) is 12.2 Å². The van der Waals surface area contributed by atoms with Gasteiger partial charge in [0.15, 0.2) is 13.6 Å². The first-order chi connectivity index (χ1) is 6.70. The molecule has 0 atom stereocenters. The molecule has 0 aliphatic heterocycles. The van der Waals surface area contributed by atoms with E-state index in [4.69, 9.17) is 0 Å². The highest BCUT2D eigenvalue weighted by Gasteiger charge is 1.99. The number of rotatable bonds is 6. The number of ether oxygens (including phenoxy) is 4. The maximum Gasteiger partial charge on any atom is 0.333 e. The average Bonchev–Trinajstić information content (AvgIpc) is 2.20. The van der Waals surface area contributed by atoms with Crippen molar-refractivity contribution in [1.29, 1.82) is 0 Å². The van der Waals surface area contributed by atoms with Gasteiger partial charge in [0, 0.05) is 26.4 Å². The van der Waals surface area contributed by atoms with Crippen LogP contribution in [0.5, 0.6) is 0 Å². The summed E-state index contributed by atoms with van der Waals surface area (Å²) in [6.07, 6.45) is 1.88. The van der Waals surface area contributed by atoms with Gasteiger partial charge in [0.1, 0.15) is 0 Å². The van der Waals surface area contributed by atoms with E-state index in [0.29, 0.717) is 0 Å². The van der Waals surface area contributed by atoms with Crippen molar-refractivity contribution in [3.05, 3.63) is 12.2 Å². The fourth-order valence-electron chi connectivity index (χ4n) is 0.466. The normalized spacial score (nSPS) is 10.1. The summed E-state index contributed by atoms with van der Waals surface area (Å²) in [7, 11) is 2.76. The molecule has 6 heteroatoms. The summed E-state index contributed by atoms with van der Waals surface area (Å²) in [5.74, 6) is -1.36. The Bertz CT molecular complexity index is 188. The largest absolute Gasteiger partial charge is 0.435 e. The van der Waals surface area contributed by atoms with Gasteiger partial charge >= 0.3 is 11.9 Å². The molecule has 0 saturated carbocycles. The molecule has 0 amide bonds. The molecule has 0 heterocycles. The zero-order valence-electron chi connectivity index (χ0n) is 8.02. The summed E-state index contributed by atoms with van der Waals surface area (Å²) >= 11 is 0. The minimum atomic E-state index is -0.679. The van der Waals surface area contributed by atoms with Crippen molar-refractivity contribution in [2.45, 2.75) is 0 Å². The van der Waals surface area contributed by atoms with Gasteiger partial charge < -0.3 is 18.9 Å². The average molecular weight is 204 g/mol.